The molecular formula is C5H9N3S. The third-order valence-electron chi connectivity index (χ3n) is 1.51. The van der Waals surface area contributed by atoms with Gasteiger partial charge in [-0.15, -0.1) is 5.11 Å². The van der Waals surface area contributed by atoms with Crippen LogP contribution in [0.2, 0.25) is 0 Å². The fraction of sp³-hybridized carbons (Fsp3) is 0.600. The van der Waals surface area contributed by atoms with Gasteiger partial charge in [0.15, 0.2) is 0 Å². The van der Waals surface area contributed by atoms with Crippen molar-refractivity contribution >= 4 is 12.8 Å². The number of hydrogen-bond donors (Lipinski definition) is 0. The van der Waals surface area contributed by atoms with Crippen molar-refractivity contribution in [3.63, 3.8) is 0 Å². The van der Waals surface area contributed by atoms with Crippen molar-refractivity contribution in [1.82, 2.24) is 0 Å². The third-order valence-corrected chi connectivity index (χ3v) is 1.86. The van der Waals surface area contributed by atoms with Crippen molar-refractivity contribution in [1.29, 1.82) is 0 Å². The van der Waals surface area contributed by atoms with Gasteiger partial charge in [-0.05, 0) is 6.92 Å². The first-order valence-corrected chi connectivity index (χ1v) is 3.09. The highest BCUT2D eigenvalue weighted by molar-refractivity contribution is 7.52. The van der Waals surface area contributed by atoms with Gasteiger partial charge in [0.05, 0.1) is 7.05 Å². The summed E-state index contributed by atoms with van der Waals surface area (Å²) >= 11 is 5.03. The van der Waals surface area contributed by atoms with E-state index in [4.69, 9.17) is 12.8 Å². The Morgan fingerprint density at radius 2 is 2.00 bits per heavy atom. The van der Waals surface area contributed by atoms with Crippen LogP contribution in [0.5, 0.6) is 0 Å². The lowest BCUT2D eigenvalue weighted by Crippen LogP contribution is -2.26. The zero-order chi connectivity index (χ0) is 7.07. The Morgan fingerprint density at radius 3 is 2.11 bits per heavy atom. The quantitative estimate of drug-likeness (QED) is 0.373. The minimum atomic E-state index is 0.145. The minimum absolute atomic E-state index is 0.145. The molecule has 0 bridgehead atoms. The van der Waals surface area contributed by atoms with Crippen molar-refractivity contribution in [3.8, 4) is 0 Å². The fourth-order valence-electron chi connectivity index (χ4n) is 0.592. The van der Waals surface area contributed by atoms with Crippen LogP contribution < -0.4 is 0 Å². The lowest BCUT2D eigenvalue weighted by atomic mass is 10.4. The normalized spacial score (nSPS) is 34.2. The summed E-state index contributed by atoms with van der Waals surface area (Å²) in [6, 6.07) is 0. The Hall–Kier alpha value is -0.350. The molecule has 0 spiro atoms. The number of allylic oxidation sites excluding steroid dienone is 2. The number of quaternary nitrogens is 1. The van der Waals surface area contributed by atoms with E-state index in [1.165, 1.54) is 0 Å². The number of rotatable bonds is 0. The zero-order valence-corrected chi connectivity index (χ0v) is 6.57. The van der Waals surface area contributed by atoms with Gasteiger partial charge in [0.2, 0.25) is 0 Å². The molecule has 50 valence electrons. The maximum absolute atomic E-state index is 5.03. The van der Waals surface area contributed by atoms with Crippen LogP contribution in [0.4, 0.5) is 0 Å². The van der Waals surface area contributed by atoms with Gasteiger partial charge in [-0.25, -0.2) is 0 Å². The maximum Gasteiger partial charge on any atom is 0.138 e. The molecule has 1 aliphatic heterocycles. The van der Waals surface area contributed by atoms with Crippen molar-refractivity contribution in [2.45, 2.75) is 13.8 Å². The monoisotopic (exact) mass is 143 g/mol. The van der Waals surface area contributed by atoms with E-state index in [9.17, 15) is 0 Å². The molecular weight excluding hydrogens is 134 g/mol. The average molecular weight is 143 g/mol. The van der Waals surface area contributed by atoms with Crippen LogP contribution in [-0.4, -0.2) is 11.0 Å². The number of hydrogen-bond acceptors (Lipinski definition) is 3. The van der Waals surface area contributed by atoms with Gasteiger partial charge in [-0.3, -0.25) is 4.00 Å². The molecule has 1 rings (SSSR count). The minimum Gasteiger partial charge on any atom is -0.453 e. The van der Waals surface area contributed by atoms with E-state index in [1.807, 2.05) is 20.9 Å². The van der Waals surface area contributed by atoms with Crippen LogP contribution in [-0.2, 0) is 12.8 Å². The van der Waals surface area contributed by atoms with Crippen molar-refractivity contribution in [2.75, 3.05) is 7.05 Å². The Bertz CT molecular complexity index is 192. The SMILES string of the molecule is CC1=C(C)[N+](C)([S-])N=N1. The summed E-state index contributed by atoms with van der Waals surface area (Å²) in [5.41, 5.74) is 1.97. The summed E-state index contributed by atoms with van der Waals surface area (Å²) in [4.78, 5) is 0. The van der Waals surface area contributed by atoms with Crippen molar-refractivity contribution in [2.24, 2.45) is 10.3 Å². The molecule has 1 unspecified atom stereocenters. The summed E-state index contributed by atoms with van der Waals surface area (Å²) in [6.07, 6.45) is 0. The molecule has 0 saturated heterocycles. The van der Waals surface area contributed by atoms with E-state index in [-0.39, 0.29) is 4.00 Å². The van der Waals surface area contributed by atoms with Gasteiger partial charge >= 0.3 is 0 Å². The van der Waals surface area contributed by atoms with Crippen LogP contribution in [0.1, 0.15) is 13.8 Å². The zero-order valence-electron chi connectivity index (χ0n) is 5.75. The molecule has 1 atom stereocenters. The van der Waals surface area contributed by atoms with Crippen molar-refractivity contribution < 1.29 is 4.00 Å². The molecule has 4 heteroatoms. The molecule has 0 aliphatic carbocycles. The third kappa shape index (κ3) is 0.997. The van der Waals surface area contributed by atoms with Gasteiger partial charge in [0.1, 0.15) is 11.4 Å². The molecule has 0 saturated carbocycles. The topological polar surface area (TPSA) is 24.7 Å². The van der Waals surface area contributed by atoms with Crippen molar-refractivity contribution in [3.05, 3.63) is 11.4 Å². The first-order chi connectivity index (χ1) is 4.04. The Kier molecular flexibility index (Phi) is 1.36. The van der Waals surface area contributed by atoms with Crippen LogP contribution in [0.3, 0.4) is 0 Å². The highest BCUT2D eigenvalue weighted by Crippen LogP contribution is 2.24. The van der Waals surface area contributed by atoms with E-state index in [0.717, 1.165) is 11.4 Å². The maximum atomic E-state index is 5.03. The van der Waals surface area contributed by atoms with E-state index >= 15 is 0 Å². The summed E-state index contributed by atoms with van der Waals surface area (Å²) in [5, 5.41) is 7.68. The first kappa shape index (κ1) is 6.77. The molecule has 1 heterocycles. The molecule has 0 aromatic rings. The second-order valence-corrected chi connectivity index (χ2v) is 2.95. The predicted octanol–water partition coefficient (Wildman–Crippen LogP) is 1.53. The van der Waals surface area contributed by atoms with Crippen LogP contribution in [0.15, 0.2) is 21.7 Å². The van der Waals surface area contributed by atoms with Crippen LogP contribution in [0.25, 0.3) is 0 Å². The highest BCUT2D eigenvalue weighted by Gasteiger charge is 2.19. The van der Waals surface area contributed by atoms with Gasteiger partial charge in [0, 0.05) is 12.1 Å². The molecule has 3 nitrogen and oxygen atoms in total. The summed E-state index contributed by atoms with van der Waals surface area (Å²) in [5.74, 6) is 0. The molecule has 9 heavy (non-hydrogen) atoms. The average Bonchev–Trinajstić information content (AvgIpc) is 1.97. The lowest BCUT2D eigenvalue weighted by molar-refractivity contribution is -0.738. The van der Waals surface area contributed by atoms with E-state index in [2.05, 4.69) is 10.3 Å². The van der Waals surface area contributed by atoms with Gasteiger partial charge in [-0.2, -0.15) is 0 Å². The Morgan fingerprint density at radius 1 is 1.44 bits per heavy atom. The number of nitrogens with zero attached hydrogens (tertiary/aromatic N) is 3. The Labute approximate surface area is 60.2 Å². The fourth-order valence-corrected chi connectivity index (χ4v) is 0.761. The van der Waals surface area contributed by atoms with Crippen LogP contribution >= 0.6 is 0 Å². The highest BCUT2D eigenvalue weighted by atomic mass is 32.1. The largest absolute Gasteiger partial charge is 0.453 e. The molecule has 0 fully saturated rings. The van der Waals surface area contributed by atoms with E-state index in [1.54, 1.807) is 0 Å². The molecule has 0 aromatic carbocycles. The standard InChI is InChI=1S/C5H9N3S/c1-4-5(2)8(3,9)7-6-4/h1-3H3. The second kappa shape index (κ2) is 1.82. The smallest absolute Gasteiger partial charge is 0.138 e. The van der Waals surface area contributed by atoms with Gasteiger partial charge in [0.25, 0.3) is 0 Å². The summed E-state index contributed by atoms with van der Waals surface area (Å²) < 4.78 is 0.145. The summed E-state index contributed by atoms with van der Waals surface area (Å²) in [6.45, 7) is 3.86. The molecule has 0 N–H and O–H groups in total. The second-order valence-electron chi connectivity index (χ2n) is 2.24. The van der Waals surface area contributed by atoms with Crippen LogP contribution in [0, 0.1) is 0 Å². The summed E-state index contributed by atoms with van der Waals surface area (Å²) in [7, 11) is 1.82. The first-order valence-electron chi connectivity index (χ1n) is 2.73. The van der Waals surface area contributed by atoms with Gasteiger partial charge < -0.3 is 12.8 Å². The molecule has 0 aromatic heterocycles. The molecule has 0 radical (unpaired) electrons. The van der Waals surface area contributed by atoms with E-state index < -0.39 is 0 Å². The van der Waals surface area contributed by atoms with E-state index in [0.29, 0.717) is 0 Å². The lowest BCUT2D eigenvalue weighted by Gasteiger charge is -2.27. The Balaban J connectivity index is 3.01. The molecule has 1 aliphatic rings. The predicted molar refractivity (Wildman–Crippen MR) is 36.8 cm³/mol. The molecule has 0 amide bonds. The van der Waals surface area contributed by atoms with Gasteiger partial charge in [-0.1, -0.05) is 0 Å².